The van der Waals surface area contributed by atoms with E-state index in [-0.39, 0.29) is 31.2 Å². The van der Waals surface area contributed by atoms with Gasteiger partial charge in [-0.25, -0.2) is 9.18 Å². The SMILES string of the molecule is O=C(O)NCC1CCC(CN2CCN(c3cc4c(cc3F)C(=O)N(C3CCC(=O)NC3=O)C4)CC2)CC1. The predicted octanol–water partition coefficient (Wildman–Crippen LogP) is 1.78. The van der Waals surface area contributed by atoms with E-state index in [4.69, 9.17) is 5.11 Å². The second-order valence-electron chi connectivity index (χ2n) is 10.7. The zero-order chi connectivity index (χ0) is 26.1. The van der Waals surface area contributed by atoms with Crippen LogP contribution in [0.3, 0.4) is 0 Å². The monoisotopic (exact) mass is 515 g/mol. The minimum Gasteiger partial charge on any atom is -0.465 e. The molecule has 1 saturated carbocycles. The molecule has 5 rings (SSSR count). The van der Waals surface area contributed by atoms with Crippen molar-refractivity contribution < 1.29 is 28.7 Å². The number of carbonyl (C=O) groups is 4. The number of hydrogen-bond donors (Lipinski definition) is 3. The molecule has 0 bridgehead atoms. The number of carboxylic acid groups (broad SMARTS) is 1. The van der Waals surface area contributed by atoms with Crippen molar-refractivity contribution in [2.75, 3.05) is 44.2 Å². The van der Waals surface area contributed by atoms with E-state index in [0.717, 1.165) is 45.3 Å². The molecule has 2 saturated heterocycles. The molecule has 200 valence electrons. The van der Waals surface area contributed by atoms with Crippen LogP contribution in [0.15, 0.2) is 12.1 Å². The molecule has 1 unspecified atom stereocenters. The highest BCUT2D eigenvalue weighted by Crippen LogP contribution is 2.33. The summed E-state index contributed by atoms with van der Waals surface area (Å²) in [4.78, 5) is 53.3. The molecule has 37 heavy (non-hydrogen) atoms. The number of anilines is 1. The second kappa shape index (κ2) is 10.6. The molecule has 0 spiro atoms. The Balaban J connectivity index is 1.14. The summed E-state index contributed by atoms with van der Waals surface area (Å²) in [6.07, 6.45) is 3.79. The Morgan fingerprint density at radius 1 is 1.03 bits per heavy atom. The van der Waals surface area contributed by atoms with Crippen LogP contribution in [-0.2, 0) is 16.1 Å². The Bertz CT molecular complexity index is 1080. The average Bonchev–Trinajstić information content (AvgIpc) is 3.18. The van der Waals surface area contributed by atoms with Crippen molar-refractivity contribution in [3.63, 3.8) is 0 Å². The highest BCUT2D eigenvalue weighted by atomic mass is 19.1. The standard InChI is InChI=1S/C26H34FN5O5/c27-20-12-19-18(15-32(25(19)35)21-5-6-23(33)29-24(21)34)11-22(20)31-9-7-30(8-10-31)14-17-3-1-16(2-4-17)13-28-26(36)37/h11-12,16-17,21,28H,1-10,13-15H2,(H,36,37)(H,29,33,34). The van der Waals surface area contributed by atoms with Crippen LogP contribution in [-0.4, -0.2) is 84.0 Å². The molecule has 0 aromatic heterocycles. The topological polar surface area (TPSA) is 122 Å². The first-order valence-electron chi connectivity index (χ1n) is 13.2. The number of imide groups is 1. The molecule has 1 aromatic rings. The fourth-order valence-electron chi connectivity index (χ4n) is 6.20. The number of fused-ring (bicyclic) bond motifs is 1. The molecule has 3 fully saturated rings. The van der Waals surface area contributed by atoms with Crippen molar-refractivity contribution in [1.29, 1.82) is 0 Å². The van der Waals surface area contributed by atoms with Crippen molar-refractivity contribution >= 4 is 29.5 Å². The van der Waals surface area contributed by atoms with Crippen LogP contribution in [0.1, 0.15) is 54.4 Å². The number of piperidine rings is 1. The Morgan fingerprint density at radius 3 is 2.41 bits per heavy atom. The summed E-state index contributed by atoms with van der Waals surface area (Å²) < 4.78 is 15.1. The number of halogens is 1. The van der Waals surface area contributed by atoms with Crippen molar-refractivity contribution in [2.45, 2.75) is 51.1 Å². The van der Waals surface area contributed by atoms with E-state index in [1.807, 2.05) is 4.90 Å². The summed E-state index contributed by atoms with van der Waals surface area (Å²) in [7, 11) is 0. The summed E-state index contributed by atoms with van der Waals surface area (Å²) in [5, 5.41) is 13.6. The minimum atomic E-state index is -0.960. The van der Waals surface area contributed by atoms with E-state index in [9.17, 15) is 19.2 Å². The Labute approximate surface area is 215 Å². The van der Waals surface area contributed by atoms with Crippen molar-refractivity contribution in [1.82, 2.24) is 20.4 Å². The summed E-state index contributed by atoms with van der Waals surface area (Å²) >= 11 is 0. The van der Waals surface area contributed by atoms with Gasteiger partial charge in [-0.2, -0.15) is 0 Å². The van der Waals surface area contributed by atoms with Crippen molar-refractivity contribution in [3.05, 3.63) is 29.1 Å². The van der Waals surface area contributed by atoms with E-state index >= 15 is 4.39 Å². The number of rotatable bonds is 6. The van der Waals surface area contributed by atoms with Crippen LogP contribution < -0.4 is 15.5 Å². The first-order valence-corrected chi connectivity index (χ1v) is 13.2. The lowest BCUT2D eigenvalue weighted by atomic mass is 9.81. The van der Waals surface area contributed by atoms with Crippen LogP contribution in [0.2, 0.25) is 0 Å². The van der Waals surface area contributed by atoms with Gasteiger partial charge < -0.3 is 20.2 Å². The number of nitrogens with one attached hydrogen (secondary N) is 2. The fraction of sp³-hybridized carbons (Fsp3) is 0.615. The van der Waals surface area contributed by atoms with Crippen LogP contribution in [0.5, 0.6) is 0 Å². The van der Waals surface area contributed by atoms with Gasteiger partial charge in [-0.1, -0.05) is 0 Å². The van der Waals surface area contributed by atoms with Gasteiger partial charge in [0.05, 0.1) is 5.69 Å². The summed E-state index contributed by atoms with van der Waals surface area (Å²) in [5.74, 6) is -0.580. The lowest BCUT2D eigenvalue weighted by Gasteiger charge is -2.39. The normalized spacial score (nSPS) is 26.7. The molecule has 1 aromatic carbocycles. The minimum absolute atomic E-state index is 0.184. The highest BCUT2D eigenvalue weighted by Gasteiger charge is 2.40. The molecular formula is C26H34FN5O5. The van der Waals surface area contributed by atoms with E-state index in [2.05, 4.69) is 15.5 Å². The summed E-state index contributed by atoms with van der Waals surface area (Å²) in [6, 6.07) is 2.33. The first kappa shape index (κ1) is 25.4. The molecule has 1 atom stereocenters. The van der Waals surface area contributed by atoms with Crippen molar-refractivity contribution in [2.24, 2.45) is 11.8 Å². The van der Waals surface area contributed by atoms with Crippen LogP contribution in [0.25, 0.3) is 0 Å². The van der Waals surface area contributed by atoms with Gasteiger partial charge >= 0.3 is 6.09 Å². The van der Waals surface area contributed by atoms with Gasteiger partial charge in [0.2, 0.25) is 11.8 Å². The maximum atomic E-state index is 15.1. The van der Waals surface area contributed by atoms with Crippen LogP contribution in [0, 0.1) is 17.7 Å². The van der Waals surface area contributed by atoms with Gasteiger partial charge in [0.15, 0.2) is 0 Å². The second-order valence-corrected chi connectivity index (χ2v) is 10.7. The number of piperazine rings is 1. The molecule has 10 nitrogen and oxygen atoms in total. The molecule has 0 radical (unpaired) electrons. The zero-order valence-electron chi connectivity index (χ0n) is 20.9. The van der Waals surface area contributed by atoms with E-state index < -0.39 is 23.9 Å². The van der Waals surface area contributed by atoms with Gasteiger partial charge in [-0.15, -0.1) is 0 Å². The Kier molecular flexibility index (Phi) is 7.32. The third-order valence-electron chi connectivity index (χ3n) is 8.33. The number of benzene rings is 1. The molecule has 11 heteroatoms. The molecule has 3 aliphatic heterocycles. The van der Waals surface area contributed by atoms with Crippen molar-refractivity contribution in [3.8, 4) is 0 Å². The zero-order valence-corrected chi connectivity index (χ0v) is 20.9. The molecule has 4 aliphatic rings. The molecular weight excluding hydrogens is 481 g/mol. The van der Waals surface area contributed by atoms with Crippen LogP contribution >= 0.6 is 0 Å². The molecule has 4 amide bonds. The van der Waals surface area contributed by atoms with E-state index in [0.29, 0.717) is 48.3 Å². The molecule has 1 aliphatic carbocycles. The van der Waals surface area contributed by atoms with Gasteiger partial charge in [0, 0.05) is 57.8 Å². The number of amides is 4. The summed E-state index contributed by atoms with van der Waals surface area (Å²) in [5.41, 5.74) is 1.49. The fourth-order valence-corrected chi connectivity index (χ4v) is 6.20. The lowest BCUT2D eigenvalue weighted by Crippen LogP contribution is -2.52. The third kappa shape index (κ3) is 5.56. The Morgan fingerprint density at radius 2 is 1.73 bits per heavy atom. The van der Waals surface area contributed by atoms with Crippen LogP contribution in [0.4, 0.5) is 14.9 Å². The van der Waals surface area contributed by atoms with Gasteiger partial charge in [0.1, 0.15) is 11.9 Å². The molecule has 3 N–H and O–H groups in total. The van der Waals surface area contributed by atoms with Gasteiger partial charge in [-0.05, 0) is 61.6 Å². The maximum Gasteiger partial charge on any atom is 0.404 e. The number of carbonyl (C=O) groups excluding carboxylic acids is 3. The maximum absolute atomic E-state index is 15.1. The number of nitrogens with zero attached hydrogens (tertiary/aromatic N) is 3. The number of hydrogen-bond acceptors (Lipinski definition) is 6. The first-order chi connectivity index (χ1) is 17.8. The quantitative estimate of drug-likeness (QED) is 0.494. The highest BCUT2D eigenvalue weighted by molar-refractivity contribution is 6.05. The largest absolute Gasteiger partial charge is 0.465 e. The third-order valence-corrected chi connectivity index (χ3v) is 8.33. The average molecular weight is 516 g/mol. The predicted molar refractivity (Wildman–Crippen MR) is 133 cm³/mol. The van der Waals surface area contributed by atoms with E-state index in [1.54, 1.807) is 6.07 Å². The Hall–Kier alpha value is -3.21. The lowest BCUT2D eigenvalue weighted by molar-refractivity contribution is -0.136. The van der Waals surface area contributed by atoms with Gasteiger partial charge in [-0.3, -0.25) is 24.6 Å². The molecule has 3 heterocycles. The summed E-state index contributed by atoms with van der Waals surface area (Å²) in [6.45, 7) is 4.82. The van der Waals surface area contributed by atoms with Gasteiger partial charge in [0.25, 0.3) is 5.91 Å². The van der Waals surface area contributed by atoms with E-state index in [1.165, 1.54) is 11.0 Å². The smallest absolute Gasteiger partial charge is 0.404 e.